The maximum Gasteiger partial charge on any atom is 0.341 e. The smallest absolute Gasteiger partial charge is 0.341 e. The Kier molecular flexibility index (Phi) is 7.53. The van der Waals surface area contributed by atoms with E-state index in [0.29, 0.717) is 44.4 Å². The fourth-order valence-corrected chi connectivity index (χ4v) is 4.13. The summed E-state index contributed by atoms with van der Waals surface area (Å²) in [5.41, 5.74) is 2.72. The van der Waals surface area contributed by atoms with E-state index in [1.54, 1.807) is 42.5 Å². The molecule has 0 aliphatic carbocycles. The third-order valence-corrected chi connectivity index (χ3v) is 6.03. The number of carboxylic acids is 1. The molecule has 0 spiro atoms. The molecule has 9 heteroatoms. The summed E-state index contributed by atoms with van der Waals surface area (Å²) in [6.07, 6.45) is 1.71. The number of amides is 1. The van der Waals surface area contributed by atoms with Crippen molar-refractivity contribution in [3.63, 3.8) is 0 Å². The second kappa shape index (κ2) is 10.8. The number of carbonyl (C=O) groups is 2. The highest BCUT2D eigenvalue weighted by molar-refractivity contribution is 9.10. The van der Waals surface area contributed by atoms with Gasteiger partial charge in [0.15, 0.2) is 18.1 Å². The van der Waals surface area contributed by atoms with Gasteiger partial charge in [-0.25, -0.2) is 4.79 Å². The SMILES string of the molecule is CCOc1cc(/C=C2\C(=O)N(c3ccccc3Cl)N=C2c2ccccc2)c(Br)cc1OCC(=O)O. The molecule has 1 N–H and O–H groups in total. The number of nitrogens with zero attached hydrogens (tertiary/aromatic N) is 2. The maximum atomic E-state index is 13.6. The first-order valence-corrected chi connectivity index (χ1v) is 11.8. The van der Waals surface area contributed by atoms with E-state index in [2.05, 4.69) is 21.0 Å². The molecule has 0 fully saturated rings. The van der Waals surface area contributed by atoms with Crippen LogP contribution in [-0.4, -0.2) is 35.9 Å². The number of benzene rings is 3. The molecule has 1 aliphatic heterocycles. The van der Waals surface area contributed by atoms with Crippen molar-refractivity contribution in [2.24, 2.45) is 5.10 Å². The zero-order chi connectivity index (χ0) is 24.9. The number of aliphatic carboxylic acids is 1. The minimum Gasteiger partial charge on any atom is -0.490 e. The molecule has 35 heavy (non-hydrogen) atoms. The number of rotatable bonds is 8. The first kappa shape index (κ1) is 24.5. The number of ether oxygens (including phenoxy) is 2. The van der Waals surface area contributed by atoms with Crippen LogP contribution in [0.15, 0.2) is 81.9 Å². The second-order valence-electron chi connectivity index (χ2n) is 7.38. The van der Waals surface area contributed by atoms with Crippen molar-refractivity contribution in [3.8, 4) is 11.5 Å². The number of hydrogen-bond donors (Lipinski definition) is 1. The van der Waals surface area contributed by atoms with Crippen molar-refractivity contribution in [1.29, 1.82) is 0 Å². The van der Waals surface area contributed by atoms with Gasteiger partial charge in [0, 0.05) is 10.0 Å². The third kappa shape index (κ3) is 5.39. The van der Waals surface area contributed by atoms with Gasteiger partial charge in [0.2, 0.25) is 0 Å². The average molecular weight is 556 g/mol. The number of carboxylic acid groups (broad SMARTS) is 1. The Morgan fingerprint density at radius 1 is 1.09 bits per heavy atom. The number of para-hydroxylation sites is 1. The standard InChI is InChI=1S/C26H20BrClN2O5/c1-2-34-22-13-17(19(27)14-23(22)35-15-24(31)32)12-18-25(16-8-4-3-5-9-16)29-30(26(18)33)21-11-7-6-10-20(21)28/h3-14H,2,15H2,1H3,(H,31,32)/b18-12-. The topological polar surface area (TPSA) is 88.4 Å². The van der Waals surface area contributed by atoms with Crippen LogP contribution in [0.2, 0.25) is 5.02 Å². The van der Waals surface area contributed by atoms with E-state index in [-0.39, 0.29) is 11.7 Å². The number of anilines is 1. The molecule has 0 saturated heterocycles. The van der Waals surface area contributed by atoms with E-state index in [4.69, 9.17) is 26.2 Å². The van der Waals surface area contributed by atoms with Gasteiger partial charge >= 0.3 is 5.97 Å². The van der Waals surface area contributed by atoms with Gasteiger partial charge in [-0.05, 0) is 42.8 Å². The monoisotopic (exact) mass is 554 g/mol. The van der Waals surface area contributed by atoms with Gasteiger partial charge in [-0.3, -0.25) is 4.79 Å². The minimum atomic E-state index is -1.10. The van der Waals surface area contributed by atoms with Crippen molar-refractivity contribution in [2.75, 3.05) is 18.2 Å². The molecular weight excluding hydrogens is 536 g/mol. The Hall–Kier alpha value is -3.62. The van der Waals surface area contributed by atoms with E-state index in [1.165, 1.54) is 5.01 Å². The zero-order valence-electron chi connectivity index (χ0n) is 18.6. The normalized spacial score (nSPS) is 14.3. The Morgan fingerprint density at radius 3 is 2.46 bits per heavy atom. The van der Waals surface area contributed by atoms with Crippen LogP contribution in [0.5, 0.6) is 11.5 Å². The van der Waals surface area contributed by atoms with E-state index >= 15 is 0 Å². The minimum absolute atomic E-state index is 0.274. The summed E-state index contributed by atoms with van der Waals surface area (Å²) in [6.45, 7) is 1.64. The highest BCUT2D eigenvalue weighted by atomic mass is 79.9. The van der Waals surface area contributed by atoms with Gasteiger partial charge in [0.1, 0.15) is 5.71 Å². The number of hydrazone groups is 1. The molecule has 0 bridgehead atoms. The summed E-state index contributed by atoms with van der Waals surface area (Å²) >= 11 is 9.86. The molecule has 1 amide bonds. The van der Waals surface area contributed by atoms with Crippen molar-refractivity contribution in [3.05, 3.63) is 92.9 Å². The summed E-state index contributed by atoms with van der Waals surface area (Å²) in [6, 6.07) is 19.7. The molecule has 0 radical (unpaired) electrons. The fraction of sp³-hybridized carbons (Fsp3) is 0.115. The molecule has 3 aromatic rings. The summed E-state index contributed by atoms with van der Waals surface area (Å²) < 4.78 is 11.6. The van der Waals surface area contributed by atoms with Crippen molar-refractivity contribution < 1.29 is 24.2 Å². The lowest BCUT2D eigenvalue weighted by molar-refractivity contribution is -0.139. The van der Waals surface area contributed by atoms with Crippen molar-refractivity contribution in [1.82, 2.24) is 0 Å². The molecule has 1 heterocycles. The molecule has 0 saturated carbocycles. The highest BCUT2D eigenvalue weighted by Crippen LogP contribution is 2.37. The lowest BCUT2D eigenvalue weighted by atomic mass is 10.00. The van der Waals surface area contributed by atoms with Gasteiger partial charge in [-0.2, -0.15) is 10.1 Å². The van der Waals surface area contributed by atoms with Crippen molar-refractivity contribution in [2.45, 2.75) is 6.92 Å². The molecular formula is C26H20BrClN2O5. The lowest BCUT2D eigenvalue weighted by Crippen LogP contribution is -2.21. The molecule has 0 aromatic heterocycles. The summed E-state index contributed by atoms with van der Waals surface area (Å²) in [5, 5.41) is 15.3. The second-order valence-corrected chi connectivity index (χ2v) is 8.64. The first-order valence-electron chi connectivity index (χ1n) is 10.6. The maximum absolute atomic E-state index is 13.6. The van der Waals surface area contributed by atoms with E-state index < -0.39 is 12.6 Å². The highest BCUT2D eigenvalue weighted by Gasteiger charge is 2.33. The Morgan fingerprint density at radius 2 is 1.77 bits per heavy atom. The molecule has 0 atom stereocenters. The van der Waals surface area contributed by atoms with Crippen LogP contribution in [0.3, 0.4) is 0 Å². The molecule has 3 aromatic carbocycles. The molecule has 178 valence electrons. The van der Waals surface area contributed by atoms with Gasteiger partial charge < -0.3 is 14.6 Å². The number of halogens is 2. The van der Waals surface area contributed by atoms with E-state index in [1.807, 2.05) is 37.3 Å². The van der Waals surface area contributed by atoms with Crippen LogP contribution < -0.4 is 14.5 Å². The lowest BCUT2D eigenvalue weighted by Gasteiger charge is -2.14. The third-order valence-electron chi connectivity index (χ3n) is 5.02. The van der Waals surface area contributed by atoms with Gasteiger partial charge in [-0.15, -0.1) is 0 Å². The van der Waals surface area contributed by atoms with E-state index in [9.17, 15) is 9.59 Å². The predicted molar refractivity (Wildman–Crippen MR) is 138 cm³/mol. The molecule has 1 aliphatic rings. The van der Waals surface area contributed by atoms with Crippen LogP contribution in [0.25, 0.3) is 6.08 Å². The van der Waals surface area contributed by atoms with Crippen LogP contribution in [0, 0.1) is 0 Å². The fourth-order valence-electron chi connectivity index (χ4n) is 3.48. The number of carbonyl (C=O) groups excluding carboxylic acids is 1. The van der Waals surface area contributed by atoms with Gasteiger partial charge in [-0.1, -0.05) is 70.0 Å². The van der Waals surface area contributed by atoms with Gasteiger partial charge in [0.05, 0.1) is 22.9 Å². The Bertz CT molecular complexity index is 1340. The average Bonchev–Trinajstić information content (AvgIpc) is 3.16. The summed E-state index contributed by atoms with van der Waals surface area (Å²) in [7, 11) is 0. The van der Waals surface area contributed by atoms with Crippen molar-refractivity contribution >= 4 is 56.9 Å². The summed E-state index contributed by atoms with van der Waals surface area (Å²) in [4.78, 5) is 24.5. The zero-order valence-corrected chi connectivity index (χ0v) is 20.9. The van der Waals surface area contributed by atoms with Crippen LogP contribution >= 0.6 is 27.5 Å². The summed E-state index contributed by atoms with van der Waals surface area (Å²) in [5.74, 6) is -0.811. The first-order chi connectivity index (χ1) is 16.9. The van der Waals surface area contributed by atoms with Gasteiger partial charge in [0.25, 0.3) is 5.91 Å². The largest absolute Gasteiger partial charge is 0.490 e. The molecule has 4 rings (SSSR count). The van der Waals surface area contributed by atoms with Crippen LogP contribution in [0.1, 0.15) is 18.1 Å². The van der Waals surface area contributed by atoms with Crippen LogP contribution in [0.4, 0.5) is 5.69 Å². The van der Waals surface area contributed by atoms with E-state index in [0.717, 1.165) is 5.56 Å². The van der Waals surface area contributed by atoms with Crippen LogP contribution in [-0.2, 0) is 9.59 Å². The Labute approximate surface area is 215 Å². The molecule has 0 unspecified atom stereocenters. The number of hydrogen-bond acceptors (Lipinski definition) is 5. The predicted octanol–water partition coefficient (Wildman–Crippen LogP) is 5.80. The quantitative estimate of drug-likeness (QED) is 0.355. The molecule has 7 nitrogen and oxygen atoms in total. The Balaban J connectivity index is 1.81.